The van der Waals surface area contributed by atoms with Gasteiger partial charge in [-0.1, -0.05) is 23.7 Å². The molecule has 0 saturated carbocycles. The van der Waals surface area contributed by atoms with E-state index < -0.39 is 0 Å². The lowest BCUT2D eigenvalue weighted by atomic mass is 10.2. The van der Waals surface area contributed by atoms with Crippen LogP contribution in [0.3, 0.4) is 0 Å². The third-order valence-corrected chi connectivity index (χ3v) is 5.57. The summed E-state index contributed by atoms with van der Waals surface area (Å²) in [5, 5.41) is 5.04. The first-order valence-electron chi connectivity index (χ1n) is 10.6. The summed E-state index contributed by atoms with van der Waals surface area (Å²) in [6.45, 7) is 5.19. The van der Waals surface area contributed by atoms with E-state index in [0.717, 1.165) is 61.7 Å². The van der Waals surface area contributed by atoms with Crippen molar-refractivity contribution in [1.29, 1.82) is 0 Å². The van der Waals surface area contributed by atoms with E-state index in [4.69, 9.17) is 30.8 Å². The SMILES string of the molecule is COc1ccc(/C=C/c2nc(NCCN3CCOCC3)c3cc(Cl)ccc3n2)cc1OC. The molecule has 4 rings (SSSR count). The van der Waals surface area contributed by atoms with Crippen molar-refractivity contribution in [3.63, 3.8) is 0 Å². The molecule has 3 aromatic rings. The summed E-state index contributed by atoms with van der Waals surface area (Å²) in [6.07, 6.45) is 3.85. The summed E-state index contributed by atoms with van der Waals surface area (Å²) in [5.41, 5.74) is 1.80. The summed E-state index contributed by atoms with van der Waals surface area (Å²) in [4.78, 5) is 11.8. The van der Waals surface area contributed by atoms with Crippen molar-refractivity contribution < 1.29 is 14.2 Å². The van der Waals surface area contributed by atoms with Gasteiger partial charge in [-0.15, -0.1) is 0 Å². The zero-order valence-corrected chi connectivity index (χ0v) is 19.1. The van der Waals surface area contributed by atoms with E-state index in [9.17, 15) is 0 Å². The molecule has 1 N–H and O–H groups in total. The normalized spacial score (nSPS) is 14.7. The Morgan fingerprint density at radius 2 is 1.84 bits per heavy atom. The molecule has 8 heteroatoms. The molecule has 0 spiro atoms. The van der Waals surface area contributed by atoms with Gasteiger partial charge in [0.2, 0.25) is 0 Å². The molecule has 1 aliphatic rings. The van der Waals surface area contributed by atoms with Crippen LogP contribution >= 0.6 is 11.6 Å². The molecular weight excluding hydrogens is 428 g/mol. The van der Waals surface area contributed by atoms with Crippen LogP contribution in [0.1, 0.15) is 11.4 Å². The van der Waals surface area contributed by atoms with Crippen molar-refractivity contribution in [2.24, 2.45) is 0 Å². The highest BCUT2D eigenvalue weighted by Gasteiger charge is 2.11. The maximum Gasteiger partial charge on any atom is 0.161 e. The van der Waals surface area contributed by atoms with Gasteiger partial charge in [0.25, 0.3) is 0 Å². The molecule has 1 fully saturated rings. The Balaban J connectivity index is 1.56. The summed E-state index contributed by atoms with van der Waals surface area (Å²) < 4.78 is 16.1. The fraction of sp³-hybridized carbons (Fsp3) is 0.333. The molecule has 2 heterocycles. The number of morpholine rings is 1. The third-order valence-electron chi connectivity index (χ3n) is 5.33. The van der Waals surface area contributed by atoms with Crippen molar-refractivity contribution in [2.75, 3.05) is 58.9 Å². The van der Waals surface area contributed by atoms with Gasteiger partial charge in [0.1, 0.15) is 5.82 Å². The van der Waals surface area contributed by atoms with Crippen LogP contribution in [-0.2, 0) is 4.74 Å². The molecule has 0 bridgehead atoms. The molecule has 168 valence electrons. The lowest BCUT2D eigenvalue weighted by molar-refractivity contribution is 0.0398. The number of rotatable bonds is 8. The maximum absolute atomic E-state index is 6.24. The van der Waals surface area contributed by atoms with E-state index in [2.05, 4.69) is 15.2 Å². The summed E-state index contributed by atoms with van der Waals surface area (Å²) in [6, 6.07) is 11.4. The number of benzene rings is 2. The van der Waals surface area contributed by atoms with E-state index in [1.54, 1.807) is 14.2 Å². The number of aromatic nitrogens is 2. The molecule has 7 nitrogen and oxygen atoms in total. The molecule has 1 aliphatic heterocycles. The summed E-state index contributed by atoms with van der Waals surface area (Å²) in [5.74, 6) is 2.76. The number of anilines is 1. The second-order valence-corrected chi connectivity index (χ2v) is 7.86. The van der Waals surface area contributed by atoms with Crippen LogP contribution < -0.4 is 14.8 Å². The fourth-order valence-corrected chi connectivity index (χ4v) is 3.78. The topological polar surface area (TPSA) is 68.7 Å². The van der Waals surface area contributed by atoms with Crippen molar-refractivity contribution in [2.45, 2.75) is 0 Å². The van der Waals surface area contributed by atoms with Gasteiger partial charge in [0, 0.05) is 36.6 Å². The summed E-state index contributed by atoms with van der Waals surface area (Å²) >= 11 is 6.24. The number of methoxy groups -OCH3 is 2. The Morgan fingerprint density at radius 3 is 2.62 bits per heavy atom. The van der Waals surface area contributed by atoms with E-state index in [1.165, 1.54) is 0 Å². The molecule has 1 aromatic heterocycles. The molecule has 1 saturated heterocycles. The molecule has 0 aliphatic carbocycles. The van der Waals surface area contributed by atoms with Crippen molar-refractivity contribution in [3.8, 4) is 11.5 Å². The predicted octanol–water partition coefficient (Wildman–Crippen LogP) is 4.21. The minimum Gasteiger partial charge on any atom is -0.493 e. The first-order chi connectivity index (χ1) is 15.7. The van der Waals surface area contributed by atoms with Gasteiger partial charge in [0.05, 0.1) is 33.0 Å². The van der Waals surface area contributed by atoms with Crippen molar-refractivity contribution in [1.82, 2.24) is 14.9 Å². The van der Waals surface area contributed by atoms with Crippen LogP contribution in [0.15, 0.2) is 36.4 Å². The number of fused-ring (bicyclic) bond motifs is 1. The Morgan fingerprint density at radius 1 is 1.03 bits per heavy atom. The fourth-order valence-electron chi connectivity index (χ4n) is 3.61. The minimum atomic E-state index is 0.614. The van der Waals surface area contributed by atoms with Gasteiger partial charge >= 0.3 is 0 Å². The first-order valence-corrected chi connectivity index (χ1v) is 11.0. The molecule has 0 unspecified atom stereocenters. The number of nitrogens with zero attached hydrogens (tertiary/aromatic N) is 3. The second-order valence-electron chi connectivity index (χ2n) is 7.42. The van der Waals surface area contributed by atoms with Gasteiger partial charge in [-0.2, -0.15) is 0 Å². The highest BCUT2D eigenvalue weighted by Crippen LogP contribution is 2.29. The third kappa shape index (κ3) is 5.48. The van der Waals surface area contributed by atoms with E-state index in [0.29, 0.717) is 22.3 Å². The Labute approximate surface area is 193 Å². The van der Waals surface area contributed by atoms with Gasteiger partial charge < -0.3 is 19.5 Å². The van der Waals surface area contributed by atoms with Crippen molar-refractivity contribution in [3.05, 3.63) is 52.8 Å². The van der Waals surface area contributed by atoms with Gasteiger partial charge in [0.15, 0.2) is 17.3 Å². The number of hydrogen-bond acceptors (Lipinski definition) is 7. The zero-order valence-electron chi connectivity index (χ0n) is 18.3. The minimum absolute atomic E-state index is 0.614. The second kappa shape index (κ2) is 10.6. The van der Waals surface area contributed by atoms with E-state index in [1.807, 2.05) is 48.6 Å². The molecule has 0 atom stereocenters. The van der Waals surface area contributed by atoms with Gasteiger partial charge in [-0.25, -0.2) is 9.97 Å². The number of ether oxygens (including phenoxy) is 3. The number of hydrogen-bond donors (Lipinski definition) is 1. The van der Waals surface area contributed by atoms with E-state index >= 15 is 0 Å². The lowest BCUT2D eigenvalue weighted by Crippen LogP contribution is -2.39. The summed E-state index contributed by atoms with van der Waals surface area (Å²) in [7, 11) is 3.24. The number of nitrogens with one attached hydrogen (secondary N) is 1. The molecule has 0 radical (unpaired) electrons. The van der Waals surface area contributed by atoms with Crippen LogP contribution in [0.5, 0.6) is 11.5 Å². The molecule has 0 amide bonds. The monoisotopic (exact) mass is 454 g/mol. The van der Waals surface area contributed by atoms with Crippen LogP contribution in [0.25, 0.3) is 23.1 Å². The predicted molar refractivity (Wildman–Crippen MR) is 129 cm³/mol. The zero-order chi connectivity index (χ0) is 22.3. The van der Waals surface area contributed by atoms with Crippen LogP contribution in [0, 0.1) is 0 Å². The molecule has 32 heavy (non-hydrogen) atoms. The standard InChI is InChI=1S/C24H27ClN4O3/c1-30-21-7-3-17(15-22(21)31-2)4-8-23-27-20-6-5-18(25)16-19(20)24(28-23)26-9-10-29-11-13-32-14-12-29/h3-8,15-16H,9-14H2,1-2H3,(H,26,27,28)/b8-4+. The average molecular weight is 455 g/mol. The van der Waals surface area contributed by atoms with E-state index in [-0.39, 0.29) is 0 Å². The quantitative estimate of drug-likeness (QED) is 0.546. The van der Waals surface area contributed by atoms with Gasteiger partial charge in [-0.05, 0) is 42.0 Å². The van der Waals surface area contributed by atoms with Crippen molar-refractivity contribution >= 4 is 40.5 Å². The molecule has 2 aromatic carbocycles. The largest absolute Gasteiger partial charge is 0.493 e. The highest BCUT2D eigenvalue weighted by molar-refractivity contribution is 6.31. The van der Waals surface area contributed by atoms with Gasteiger partial charge in [-0.3, -0.25) is 4.90 Å². The Kier molecular flexibility index (Phi) is 7.42. The first kappa shape index (κ1) is 22.3. The molecular formula is C24H27ClN4O3. The Bertz CT molecular complexity index is 1100. The van der Waals surface area contributed by atoms with Crippen LogP contribution in [0.4, 0.5) is 5.82 Å². The lowest BCUT2D eigenvalue weighted by Gasteiger charge is -2.26. The smallest absolute Gasteiger partial charge is 0.161 e. The number of halogens is 1. The highest BCUT2D eigenvalue weighted by atomic mass is 35.5. The van der Waals surface area contributed by atoms with Crippen LogP contribution in [0.2, 0.25) is 5.02 Å². The van der Waals surface area contributed by atoms with Crippen LogP contribution in [-0.4, -0.2) is 68.5 Å². The maximum atomic E-state index is 6.24. The Hall–Kier alpha value is -2.87. The average Bonchev–Trinajstić information content (AvgIpc) is 2.83.